The molecule has 2 rings (SSSR count). The minimum Gasteiger partial charge on any atom is -0.480 e. The summed E-state index contributed by atoms with van der Waals surface area (Å²) in [5, 5.41) is 9.35. The Morgan fingerprint density at radius 1 is 1.41 bits per heavy atom. The normalized spacial score (nSPS) is 18.5. The van der Waals surface area contributed by atoms with E-state index in [9.17, 15) is 9.90 Å². The molecule has 1 fully saturated rings. The number of nitrogens with zero attached hydrogens (tertiary/aromatic N) is 2. The first-order valence-corrected chi connectivity index (χ1v) is 5.94. The third-order valence-corrected chi connectivity index (χ3v) is 3.47. The molecule has 0 spiro atoms. The summed E-state index contributed by atoms with van der Waals surface area (Å²) in [7, 11) is 0. The molecule has 1 saturated carbocycles. The van der Waals surface area contributed by atoms with Crippen LogP contribution in [0.2, 0.25) is 0 Å². The Kier molecular flexibility index (Phi) is 2.68. The van der Waals surface area contributed by atoms with Gasteiger partial charge in [-0.25, -0.2) is 9.97 Å². The van der Waals surface area contributed by atoms with Crippen LogP contribution < -0.4 is 0 Å². The van der Waals surface area contributed by atoms with Gasteiger partial charge in [-0.1, -0.05) is 27.2 Å². The van der Waals surface area contributed by atoms with Gasteiger partial charge in [-0.2, -0.15) is 0 Å². The van der Waals surface area contributed by atoms with Gasteiger partial charge in [0.1, 0.15) is 11.2 Å². The Balaban J connectivity index is 2.43. The maximum absolute atomic E-state index is 11.4. The molecular formula is C13H18N2O2. The lowest BCUT2D eigenvalue weighted by Gasteiger charge is -2.36. The Morgan fingerprint density at radius 2 is 2.06 bits per heavy atom. The van der Waals surface area contributed by atoms with Crippen LogP contribution in [0.4, 0.5) is 0 Å². The zero-order valence-corrected chi connectivity index (χ0v) is 10.5. The molecule has 1 heterocycles. The van der Waals surface area contributed by atoms with Crippen molar-refractivity contribution in [3.05, 3.63) is 23.8 Å². The van der Waals surface area contributed by atoms with E-state index in [2.05, 4.69) is 30.7 Å². The van der Waals surface area contributed by atoms with E-state index in [1.165, 1.54) is 0 Å². The van der Waals surface area contributed by atoms with Crippen molar-refractivity contribution in [1.82, 2.24) is 9.97 Å². The highest BCUT2D eigenvalue weighted by Crippen LogP contribution is 2.42. The van der Waals surface area contributed by atoms with Gasteiger partial charge < -0.3 is 5.11 Å². The van der Waals surface area contributed by atoms with E-state index in [1.807, 2.05) is 6.07 Å². The maximum atomic E-state index is 11.4. The van der Waals surface area contributed by atoms with E-state index < -0.39 is 11.4 Å². The van der Waals surface area contributed by atoms with Crippen LogP contribution in [0.25, 0.3) is 0 Å². The average Bonchev–Trinajstić information content (AvgIpc) is 2.14. The van der Waals surface area contributed by atoms with Gasteiger partial charge in [0.05, 0.1) is 0 Å². The largest absolute Gasteiger partial charge is 0.480 e. The van der Waals surface area contributed by atoms with E-state index in [0.717, 1.165) is 12.1 Å². The Labute approximate surface area is 101 Å². The average molecular weight is 234 g/mol. The first-order chi connectivity index (χ1) is 7.86. The fourth-order valence-corrected chi connectivity index (χ4v) is 2.07. The number of carboxylic acids is 1. The summed E-state index contributed by atoms with van der Waals surface area (Å²) in [6, 6.07) is 1.86. The van der Waals surface area contributed by atoms with Crippen LogP contribution in [0.5, 0.6) is 0 Å². The molecule has 1 aromatic rings. The predicted octanol–water partition coefficient (Wildman–Crippen LogP) is 2.28. The minimum absolute atomic E-state index is 0.0822. The van der Waals surface area contributed by atoms with Crippen molar-refractivity contribution in [1.29, 1.82) is 0 Å². The molecule has 1 N–H and O–H groups in total. The smallest absolute Gasteiger partial charge is 0.317 e. The van der Waals surface area contributed by atoms with Crippen molar-refractivity contribution in [3.8, 4) is 0 Å². The summed E-state index contributed by atoms with van der Waals surface area (Å²) in [6.07, 6.45) is 3.91. The molecule has 4 heteroatoms. The monoisotopic (exact) mass is 234 g/mol. The fraction of sp³-hybridized carbons (Fsp3) is 0.615. The van der Waals surface area contributed by atoms with Crippen LogP contribution in [0, 0.1) is 0 Å². The number of rotatable bonds is 2. The summed E-state index contributed by atoms with van der Waals surface area (Å²) < 4.78 is 0. The number of carbonyl (C=O) groups is 1. The lowest BCUT2D eigenvalue weighted by Crippen LogP contribution is -2.44. The van der Waals surface area contributed by atoms with Crippen molar-refractivity contribution in [3.63, 3.8) is 0 Å². The second-order valence-electron chi connectivity index (χ2n) is 5.76. The van der Waals surface area contributed by atoms with Gasteiger partial charge in [0, 0.05) is 17.3 Å². The fourth-order valence-electron chi connectivity index (χ4n) is 2.07. The molecule has 0 aromatic carbocycles. The van der Waals surface area contributed by atoms with Gasteiger partial charge in [0.15, 0.2) is 0 Å². The van der Waals surface area contributed by atoms with E-state index in [4.69, 9.17) is 0 Å². The maximum Gasteiger partial charge on any atom is 0.317 e. The summed E-state index contributed by atoms with van der Waals surface area (Å²) in [6.45, 7) is 6.19. The number of aliphatic carboxylic acids is 1. The molecule has 0 aliphatic heterocycles. The van der Waals surface area contributed by atoms with Crippen molar-refractivity contribution in [2.45, 2.75) is 50.9 Å². The molecule has 1 aromatic heterocycles. The van der Waals surface area contributed by atoms with Crippen LogP contribution in [-0.4, -0.2) is 21.0 Å². The highest BCUT2D eigenvalue weighted by molar-refractivity contribution is 5.81. The molecule has 0 saturated heterocycles. The highest BCUT2D eigenvalue weighted by Gasteiger charge is 2.48. The zero-order valence-electron chi connectivity index (χ0n) is 10.5. The molecule has 0 bridgehead atoms. The van der Waals surface area contributed by atoms with Crippen LogP contribution in [0.3, 0.4) is 0 Å². The third-order valence-electron chi connectivity index (χ3n) is 3.47. The number of hydrogen-bond donors (Lipinski definition) is 1. The summed E-state index contributed by atoms with van der Waals surface area (Å²) in [5.74, 6) is -0.321. The number of hydrogen-bond acceptors (Lipinski definition) is 3. The van der Waals surface area contributed by atoms with Crippen LogP contribution in [0.15, 0.2) is 12.3 Å². The van der Waals surface area contributed by atoms with Crippen molar-refractivity contribution < 1.29 is 9.90 Å². The number of aromatic nitrogens is 2. The third kappa shape index (κ3) is 1.92. The molecule has 1 aliphatic rings. The molecule has 0 radical (unpaired) electrons. The molecule has 4 nitrogen and oxygen atoms in total. The van der Waals surface area contributed by atoms with Crippen molar-refractivity contribution in [2.24, 2.45) is 0 Å². The highest BCUT2D eigenvalue weighted by atomic mass is 16.4. The van der Waals surface area contributed by atoms with Gasteiger partial charge in [-0.05, 0) is 18.9 Å². The van der Waals surface area contributed by atoms with E-state index in [1.54, 1.807) is 6.20 Å². The van der Waals surface area contributed by atoms with Gasteiger partial charge in [0.2, 0.25) is 0 Å². The topological polar surface area (TPSA) is 63.1 Å². The lowest BCUT2D eigenvalue weighted by molar-refractivity contribution is -0.147. The second-order valence-corrected chi connectivity index (χ2v) is 5.76. The molecule has 1 aliphatic carbocycles. The van der Waals surface area contributed by atoms with Crippen molar-refractivity contribution in [2.75, 3.05) is 0 Å². The SMILES string of the molecule is CC(C)(C)c1ccnc(C2(C(=O)O)CCC2)n1. The van der Waals surface area contributed by atoms with Crippen LogP contribution >= 0.6 is 0 Å². The molecule has 92 valence electrons. The summed E-state index contributed by atoms with van der Waals surface area (Å²) >= 11 is 0. The predicted molar refractivity (Wildman–Crippen MR) is 63.9 cm³/mol. The molecule has 0 unspecified atom stereocenters. The summed E-state index contributed by atoms with van der Waals surface area (Å²) in [4.78, 5) is 20.0. The van der Waals surface area contributed by atoms with E-state index in [0.29, 0.717) is 18.7 Å². The first-order valence-electron chi connectivity index (χ1n) is 5.94. The quantitative estimate of drug-likeness (QED) is 0.852. The van der Waals surface area contributed by atoms with Gasteiger partial charge in [0.25, 0.3) is 0 Å². The Bertz CT molecular complexity index is 445. The standard InChI is InChI=1S/C13H18N2O2/c1-12(2,3)9-5-8-14-10(15-9)13(11(16)17)6-4-7-13/h5,8H,4,6-7H2,1-3H3,(H,16,17). The summed E-state index contributed by atoms with van der Waals surface area (Å²) in [5.41, 5.74) is -0.0161. The molecular weight excluding hydrogens is 216 g/mol. The molecule has 0 amide bonds. The Morgan fingerprint density at radius 3 is 2.47 bits per heavy atom. The van der Waals surface area contributed by atoms with E-state index >= 15 is 0 Å². The van der Waals surface area contributed by atoms with Crippen LogP contribution in [-0.2, 0) is 15.6 Å². The molecule has 17 heavy (non-hydrogen) atoms. The van der Waals surface area contributed by atoms with Gasteiger partial charge in [-0.15, -0.1) is 0 Å². The number of carboxylic acid groups (broad SMARTS) is 1. The first kappa shape index (κ1) is 12.0. The minimum atomic E-state index is -0.832. The second kappa shape index (κ2) is 3.79. The van der Waals surface area contributed by atoms with Crippen LogP contribution in [0.1, 0.15) is 51.6 Å². The molecule has 0 atom stereocenters. The lowest BCUT2D eigenvalue weighted by atomic mass is 9.68. The zero-order chi connectivity index (χ0) is 12.7. The van der Waals surface area contributed by atoms with Gasteiger partial charge >= 0.3 is 5.97 Å². The Hall–Kier alpha value is -1.45. The van der Waals surface area contributed by atoms with Gasteiger partial charge in [-0.3, -0.25) is 4.79 Å². The van der Waals surface area contributed by atoms with E-state index in [-0.39, 0.29) is 5.41 Å². The van der Waals surface area contributed by atoms with Crippen molar-refractivity contribution >= 4 is 5.97 Å².